The molecule has 2 aromatic carbocycles. The Morgan fingerprint density at radius 3 is 2.56 bits per heavy atom. The molecule has 0 aliphatic heterocycles. The number of carbonyl (C=O) groups excluding carboxylic acids is 2. The van der Waals surface area contributed by atoms with Gasteiger partial charge in [0.15, 0.2) is 5.78 Å². The first-order valence-corrected chi connectivity index (χ1v) is 12.1. The molecule has 34 heavy (non-hydrogen) atoms. The Balaban J connectivity index is 1.77. The van der Waals surface area contributed by atoms with E-state index in [0.29, 0.717) is 19.6 Å². The summed E-state index contributed by atoms with van der Waals surface area (Å²) in [5.41, 5.74) is 9.94. The molecule has 1 unspecified atom stereocenters. The molecule has 0 saturated heterocycles. The maximum Gasteiger partial charge on any atom is 0.244 e. The fourth-order valence-electron chi connectivity index (χ4n) is 3.82. The van der Waals surface area contributed by atoms with Crippen molar-refractivity contribution in [2.45, 2.75) is 65.0 Å². The van der Waals surface area contributed by atoms with Gasteiger partial charge in [0.2, 0.25) is 5.91 Å². The van der Waals surface area contributed by atoms with Crippen molar-refractivity contribution in [2.75, 3.05) is 6.61 Å². The van der Waals surface area contributed by atoms with Crippen molar-refractivity contribution in [1.82, 2.24) is 5.32 Å². The van der Waals surface area contributed by atoms with Gasteiger partial charge in [0.05, 0.1) is 12.6 Å². The minimum absolute atomic E-state index is 0.0192. The molecule has 0 saturated carbocycles. The van der Waals surface area contributed by atoms with E-state index in [1.54, 1.807) is 12.2 Å². The van der Waals surface area contributed by atoms with E-state index in [0.717, 1.165) is 54.5 Å². The molecule has 0 aliphatic carbocycles. The van der Waals surface area contributed by atoms with Crippen molar-refractivity contribution >= 4 is 23.8 Å². The predicted octanol–water partition coefficient (Wildman–Crippen LogP) is 5.47. The quantitative estimate of drug-likeness (QED) is 0.272. The van der Waals surface area contributed by atoms with Crippen LogP contribution in [0.5, 0.6) is 5.75 Å². The van der Waals surface area contributed by atoms with Crippen LogP contribution in [-0.2, 0) is 22.6 Å². The van der Waals surface area contributed by atoms with Crippen molar-refractivity contribution in [3.8, 4) is 5.75 Å². The van der Waals surface area contributed by atoms with E-state index in [4.69, 9.17) is 10.5 Å². The van der Waals surface area contributed by atoms with Crippen LogP contribution in [0.4, 0.5) is 0 Å². The molecule has 5 heteroatoms. The Labute approximate surface area is 204 Å². The topological polar surface area (TPSA) is 81.4 Å². The van der Waals surface area contributed by atoms with Gasteiger partial charge in [-0.3, -0.25) is 9.59 Å². The molecule has 2 aromatic rings. The Morgan fingerprint density at radius 2 is 1.85 bits per heavy atom. The number of ether oxygens (including phenoxy) is 1. The number of nitrogens with two attached hydrogens (primary N) is 1. The third-order valence-corrected chi connectivity index (χ3v) is 5.73. The average Bonchev–Trinajstić information content (AvgIpc) is 2.84. The van der Waals surface area contributed by atoms with Crippen LogP contribution in [0.15, 0.2) is 55.1 Å². The van der Waals surface area contributed by atoms with E-state index in [9.17, 15) is 9.59 Å². The van der Waals surface area contributed by atoms with E-state index < -0.39 is 6.04 Å². The highest BCUT2D eigenvalue weighted by molar-refractivity contribution is 5.95. The number of aryl methyl sites for hydroxylation is 1. The Morgan fingerprint density at radius 1 is 1.09 bits per heavy atom. The average molecular weight is 463 g/mol. The molecular formula is C29H38N2O3. The third kappa shape index (κ3) is 9.36. The Bertz CT molecular complexity index is 981. The number of unbranched alkanes of at least 4 members (excludes halogenated alkanes) is 3. The highest BCUT2D eigenvalue weighted by Gasteiger charge is 2.15. The first-order valence-electron chi connectivity index (χ1n) is 12.1. The minimum Gasteiger partial charge on any atom is -0.493 e. The summed E-state index contributed by atoms with van der Waals surface area (Å²) in [4.78, 5) is 24.4. The fraction of sp³-hybridized carbons (Fsp3) is 0.379. The summed E-state index contributed by atoms with van der Waals surface area (Å²) in [5, 5.41) is 2.84. The van der Waals surface area contributed by atoms with E-state index in [-0.39, 0.29) is 11.7 Å². The number of ketones is 1. The SMILES string of the molecule is C=Cc1ccc(/C=C/C(=O)NC(CCCCCCc2cccc(CN)c2)C(C)=O)cc1OCC. The van der Waals surface area contributed by atoms with Gasteiger partial charge in [-0.2, -0.15) is 0 Å². The summed E-state index contributed by atoms with van der Waals surface area (Å²) in [6.45, 7) is 8.36. The summed E-state index contributed by atoms with van der Waals surface area (Å²) < 4.78 is 5.62. The second-order valence-corrected chi connectivity index (χ2v) is 8.42. The van der Waals surface area contributed by atoms with Crippen molar-refractivity contribution in [1.29, 1.82) is 0 Å². The van der Waals surface area contributed by atoms with Crippen LogP contribution in [0.3, 0.4) is 0 Å². The largest absolute Gasteiger partial charge is 0.493 e. The second-order valence-electron chi connectivity index (χ2n) is 8.42. The molecule has 1 amide bonds. The van der Waals surface area contributed by atoms with Crippen molar-refractivity contribution < 1.29 is 14.3 Å². The maximum atomic E-state index is 12.4. The lowest BCUT2D eigenvalue weighted by molar-refractivity contribution is -0.124. The zero-order valence-corrected chi connectivity index (χ0v) is 20.5. The van der Waals surface area contributed by atoms with Crippen molar-refractivity contribution in [3.63, 3.8) is 0 Å². The van der Waals surface area contributed by atoms with Gasteiger partial charge in [0.25, 0.3) is 0 Å². The molecule has 2 rings (SSSR count). The summed E-state index contributed by atoms with van der Waals surface area (Å²) in [5.74, 6) is 0.439. The van der Waals surface area contributed by atoms with Crippen LogP contribution in [0.1, 0.15) is 68.2 Å². The molecule has 0 heterocycles. The van der Waals surface area contributed by atoms with Gasteiger partial charge in [0.1, 0.15) is 5.75 Å². The zero-order valence-electron chi connectivity index (χ0n) is 20.5. The van der Waals surface area contributed by atoms with Gasteiger partial charge in [-0.05, 0) is 61.9 Å². The molecule has 5 nitrogen and oxygen atoms in total. The highest BCUT2D eigenvalue weighted by atomic mass is 16.5. The second kappa shape index (κ2) is 14.9. The standard InChI is InChI=1S/C29H38N2O3/c1-4-26-17-15-24(20-28(26)34-5-2)16-18-29(33)31-27(22(3)32)14-9-7-6-8-11-23-12-10-13-25(19-23)21-30/h4,10,12-13,15-20,27H,1,5-9,11,14,21,30H2,2-3H3,(H,31,33)/b18-16+. The van der Waals surface area contributed by atoms with Gasteiger partial charge in [-0.1, -0.05) is 68.3 Å². The van der Waals surface area contributed by atoms with Crippen LogP contribution in [0, 0.1) is 0 Å². The molecule has 0 fully saturated rings. The normalized spacial score (nSPS) is 11.9. The number of carbonyl (C=O) groups is 2. The van der Waals surface area contributed by atoms with E-state index in [1.807, 2.05) is 31.2 Å². The maximum absolute atomic E-state index is 12.4. The molecule has 0 bridgehead atoms. The van der Waals surface area contributed by atoms with E-state index in [2.05, 4.69) is 30.1 Å². The van der Waals surface area contributed by atoms with Crippen molar-refractivity contribution in [3.05, 3.63) is 77.4 Å². The van der Waals surface area contributed by atoms with Crippen LogP contribution in [0.2, 0.25) is 0 Å². The molecule has 3 N–H and O–H groups in total. The molecule has 0 aliphatic rings. The van der Waals surface area contributed by atoms with Gasteiger partial charge in [-0.25, -0.2) is 0 Å². The van der Waals surface area contributed by atoms with Crippen LogP contribution < -0.4 is 15.8 Å². The molecule has 1 atom stereocenters. The number of amides is 1. The van der Waals surface area contributed by atoms with Crippen molar-refractivity contribution in [2.24, 2.45) is 5.73 Å². The number of benzene rings is 2. The first kappa shape index (κ1) is 27.1. The predicted molar refractivity (Wildman–Crippen MR) is 140 cm³/mol. The van der Waals surface area contributed by atoms with Gasteiger partial charge in [0, 0.05) is 18.2 Å². The number of hydrogen-bond donors (Lipinski definition) is 2. The zero-order chi connectivity index (χ0) is 24.8. The number of nitrogens with one attached hydrogen (secondary N) is 1. The third-order valence-electron chi connectivity index (χ3n) is 5.73. The minimum atomic E-state index is -0.458. The summed E-state index contributed by atoms with van der Waals surface area (Å²) >= 11 is 0. The number of Topliss-reactive ketones (excluding diaryl/α,β-unsaturated/α-hetero) is 1. The lowest BCUT2D eigenvalue weighted by Crippen LogP contribution is -2.38. The summed E-state index contributed by atoms with van der Waals surface area (Å²) in [6, 6.07) is 13.6. The molecular weight excluding hydrogens is 424 g/mol. The summed E-state index contributed by atoms with van der Waals surface area (Å²) in [6.07, 6.45) is 10.7. The lowest BCUT2D eigenvalue weighted by Gasteiger charge is -2.14. The Kier molecular flexibility index (Phi) is 11.8. The molecule has 182 valence electrons. The number of hydrogen-bond acceptors (Lipinski definition) is 4. The van der Waals surface area contributed by atoms with Crippen LogP contribution in [0.25, 0.3) is 12.2 Å². The molecule has 0 radical (unpaired) electrons. The van der Waals surface area contributed by atoms with Gasteiger partial charge >= 0.3 is 0 Å². The molecule has 0 aromatic heterocycles. The lowest BCUT2D eigenvalue weighted by atomic mass is 10.0. The van der Waals surface area contributed by atoms with Crippen LogP contribution >= 0.6 is 0 Å². The monoisotopic (exact) mass is 462 g/mol. The summed E-state index contributed by atoms with van der Waals surface area (Å²) in [7, 11) is 0. The van der Waals surface area contributed by atoms with E-state index >= 15 is 0 Å². The van der Waals surface area contributed by atoms with Crippen LogP contribution in [-0.4, -0.2) is 24.3 Å². The highest BCUT2D eigenvalue weighted by Crippen LogP contribution is 2.22. The number of rotatable bonds is 15. The van der Waals surface area contributed by atoms with E-state index in [1.165, 1.54) is 18.6 Å². The van der Waals surface area contributed by atoms with Gasteiger partial charge in [-0.15, -0.1) is 0 Å². The van der Waals surface area contributed by atoms with Gasteiger partial charge < -0.3 is 15.8 Å². The Hall–Kier alpha value is -3.18. The first-order chi connectivity index (χ1) is 16.5. The molecule has 0 spiro atoms. The smallest absolute Gasteiger partial charge is 0.244 e. The fourth-order valence-corrected chi connectivity index (χ4v) is 3.82.